The Hall–Kier alpha value is -0.350. The lowest BCUT2D eigenvalue weighted by molar-refractivity contribution is -0.132. The number of aliphatic carboxylic acids is 1. The molecule has 3 nitrogen and oxygen atoms in total. The van der Waals surface area contributed by atoms with E-state index in [0.29, 0.717) is 6.29 Å². The molecule has 0 radical (unpaired) electrons. The van der Waals surface area contributed by atoms with E-state index < -0.39 is 11.0 Å². The van der Waals surface area contributed by atoms with E-state index in [0.717, 1.165) is 0 Å². The molecule has 0 saturated carbocycles. The Morgan fingerprint density at radius 2 is 2.11 bits per heavy atom. The SMILES string of the molecule is O=CC(Br)=C(Cl)C(=O)O. The van der Waals surface area contributed by atoms with Gasteiger partial charge in [0.05, 0.1) is 4.48 Å². The molecule has 0 atom stereocenters. The maximum atomic E-state index is 9.92. The Labute approximate surface area is 64.4 Å². The van der Waals surface area contributed by atoms with Crippen molar-refractivity contribution >= 4 is 39.8 Å². The molecule has 0 aliphatic rings. The van der Waals surface area contributed by atoms with Crippen LogP contribution in [-0.2, 0) is 9.59 Å². The van der Waals surface area contributed by atoms with Gasteiger partial charge in [-0.15, -0.1) is 0 Å². The van der Waals surface area contributed by atoms with Crippen LogP contribution in [0.4, 0.5) is 0 Å². The van der Waals surface area contributed by atoms with Crippen molar-refractivity contribution in [1.29, 1.82) is 0 Å². The molecule has 0 unspecified atom stereocenters. The first-order valence-corrected chi connectivity index (χ1v) is 3.00. The van der Waals surface area contributed by atoms with E-state index in [1.807, 2.05) is 0 Å². The molecule has 0 rings (SSSR count). The predicted molar refractivity (Wildman–Crippen MR) is 35.5 cm³/mol. The lowest BCUT2D eigenvalue weighted by Gasteiger charge is -1.87. The molecule has 1 N–H and O–H groups in total. The highest BCUT2D eigenvalue weighted by Gasteiger charge is 2.07. The Morgan fingerprint density at radius 3 is 2.22 bits per heavy atom. The van der Waals surface area contributed by atoms with Crippen molar-refractivity contribution in [2.75, 3.05) is 0 Å². The normalized spacial score (nSPS) is 12.2. The van der Waals surface area contributed by atoms with Crippen LogP contribution >= 0.6 is 27.5 Å². The lowest BCUT2D eigenvalue weighted by Crippen LogP contribution is -1.95. The molecule has 0 fully saturated rings. The molecule has 0 aromatic rings. The number of carboxylic acids is 1. The van der Waals surface area contributed by atoms with Gasteiger partial charge < -0.3 is 5.11 Å². The van der Waals surface area contributed by atoms with E-state index in [4.69, 9.17) is 16.7 Å². The maximum Gasteiger partial charge on any atom is 0.348 e. The minimum atomic E-state index is -1.32. The quantitative estimate of drug-likeness (QED) is 0.552. The number of allylic oxidation sites excluding steroid dienone is 1. The summed E-state index contributed by atoms with van der Waals surface area (Å²) in [6.07, 6.45) is 0.316. The molecule has 5 heteroatoms. The smallest absolute Gasteiger partial charge is 0.348 e. The zero-order valence-corrected chi connectivity index (χ0v) is 6.44. The van der Waals surface area contributed by atoms with E-state index in [2.05, 4.69) is 15.9 Å². The van der Waals surface area contributed by atoms with Crippen molar-refractivity contribution in [3.05, 3.63) is 9.51 Å². The van der Waals surface area contributed by atoms with Crippen LogP contribution in [-0.4, -0.2) is 17.4 Å². The molecule has 0 heterocycles. The summed E-state index contributed by atoms with van der Waals surface area (Å²) in [6.45, 7) is 0. The molecular weight excluding hydrogens is 211 g/mol. The Morgan fingerprint density at radius 1 is 1.67 bits per heavy atom. The summed E-state index contributed by atoms with van der Waals surface area (Å²) in [6, 6.07) is 0. The van der Waals surface area contributed by atoms with E-state index in [1.54, 1.807) is 0 Å². The summed E-state index contributed by atoms with van der Waals surface area (Å²) < 4.78 is -0.156. The van der Waals surface area contributed by atoms with Gasteiger partial charge in [-0.25, -0.2) is 4.79 Å². The molecule has 0 aromatic heterocycles. The molecule has 0 spiro atoms. The second-order valence-electron chi connectivity index (χ2n) is 1.08. The minimum absolute atomic E-state index is 0.156. The molecule has 0 aromatic carbocycles. The van der Waals surface area contributed by atoms with Gasteiger partial charge in [0.1, 0.15) is 5.03 Å². The minimum Gasteiger partial charge on any atom is -0.477 e. The number of halogens is 2. The van der Waals surface area contributed by atoms with Crippen molar-refractivity contribution in [2.45, 2.75) is 0 Å². The molecule has 0 bridgehead atoms. The van der Waals surface area contributed by atoms with Crippen molar-refractivity contribution < 1.29 is 14.7 Å². The molecule has 0 amide bonds. The first kappa shape index (κ1) is 8.65. The number of carbonyl (C=O) groups excluding carboxylic acids is 1. The van der Waals surface area contributed by atoms with Gasteiger partial charge in [0.25, 0.3) is 0 Å². The van der Waals surface area contributed by atoms with Crippen LogP contribution in [0.2, 0.25) is 0 Å². The second-order valence-corrected chi connectivity index (χ2v) is 2.32. The number of carboxylic acid groups (broad SMARTS) is 1. The standard InChI is InChI=1S/C4H2BrClO3/c5-2(1-7)3(6)4(8)9/h1H,(H,8,9). The fourth-order valence-electron chi connectivity index (χ4n) is 0.154. The number of carbonyl (C=O) groups is 2. The van der Waals surface area contributed by atoms with Crippen LogP contribution in [0.5, 0.6) is 0 Å². The van der Waals surface area contributed by atoms with Crippen molar-refractivity contribution in [3.63, 3.8) is 0 Å². The molecular formula is C4H2BrClO3. The van der Waals surface area contributed by atoms with E-state index in [9.17, 15) is 9.59 Å². The molecule has 0 aliphatic heterocycles. The summed E-state index contributed by atoms with van der Waals surface area (Å²) in [4.78, 5) is 19.7. The summed E-state index contributed by atoms with van der Waals surface area (Å²) in [5.41, 5.74) is 0. The number of hydrogen-bond donors (Lipinski definition) is 1. The van der Waals surface area contributed by atoms with Gasteiger partial charge >= 0.3 is 5.97 Å². The molecule has 9 heavy (non-hydrogen) atoms. The third-order valence-electron chi connectivity index (χ3n) is 0.501. The van der Waals surface area contributed by atoms with Crippen LogP contribution in [0.25, 0.3) is 0 Å². The predicted octanol–water partition coefficient (Wildman–Crippen LogP) is 1.12. The third-order valence-corrected chi connectivity index (χ3v) is 1.68. The fourth-order valence-corrected chi connectivity index (χ4v) is 0.368. The summed E-state index contributed by atoms with van der Waals surface area (Å²) in [7, 11) is 0. The Bertz CT molecular complexity index is 175. The van der Waals surface area contributed by atoms with Gasteiger partial charge in [0.2, 0.25) is 0 Å². The second kappa shape index (κ2) is 3.63. The van der Waals surface area contributed by atoms with Crippen LogP contribution in [0.1, 0.15) is 0 Å². The highest BCUT2D eigenvalue weighted by Crippen LogP contribution is 2.12. The third kappa shape index (κ3) is 2.62. The van der Waals surface area contributed by atoms with Gasteiger partial charge in [-0.05, 0) is 15.9 Å². The van der Waals surface area contributed by atoms with Gasteiger partial charge in [-0.3, -0.25) is 4.79 Å². The maximum absolute atomic E-state index is 9.92. The lowest BCUT2D eigenvalue weighted by atomic mass is 10.5. The van der Waals surface area contributed by atoms with E-state index in [-0.39, 0.29) is 4.48 Å². The van der Waals surface area contributed by atoms with E-state index >= 15 is 0 Å². The average molecular weight is 213 g/mol. The Kier molecular flexibility index (Phi) is 3.49. The summed E-state index contributed by atoms with van der Waals surface area (Å²) >= 11 is 7.71. The van der Waals surface area contributed by atoms with E-state index in [1.165, 1.54) is 0 Å². The Balaban J connectivity index is 4.47. The number of rotatable bonds is 2. The summed E-state index contributed by atoms with van der Waals surface area (Å²) in [5.74, 6) is -1.32. The van der Waals surface area contributed by atoms with Crippen LogP contribution in [0.3, 0.4) is 0 Å². The van der Waals surface area contributed by atoms with Gasteiger partial charge in [-0.1, -0.05) is 11.6 Å². The number of hydrogen-bond acceptors (Lipinski definition) is 2. The molecule has 0 aliphatic carbocycles. The number of aldehydes is 1. The van der Waals surface area contributed by atoms with Crippen molar-refractivity contribution in [2.24, 2.45) is 0 Å². The van der Waals surface area contributed by atoms with Crippen LogP contribution in [0.15, 0.2) is 9.51 Å². The molecule has 0 saturated heterocycles. The first-order valence-electron chi connectivity index (χ1n) is 1.83. The van der Waals surface area contributed by atoms with Crippen LogP contribution < -0.4 is 0 Å². The fraction of sp³-hybridized carbons (Fsp3) is 0. The highest BCUT2D eigenvalue weighted by molar-refractivity contribution is 9.12. The molecule has 50 valence electrons. The first-order chi connectivity index (χ1) is 4.09. The van der Waals surface area contributed by atoms with Crippen molar-refractivity contribution in [3.8, 4) is 0 Å². The van der Waals surface area contributed by atoms with Gasteiger partial charge in [0.15, 0.2) is 6.29 Å². The summed E-state index contributed by atoms with van der Waals surface area (Å²) in [5, 5.41) is 7.60. The van der Waals surface area contributed by atoms with Gasteiger partial charge in [0, 0.05) is 0 Å². The zero-order chi connectivity index (χ0) is 7.44. The average Bonchev–Trinajstić information content (AvgIpc) is 1.84. The highest BCUT2D eigenvalue weighted by atomic mass is 79.9. The monoisotopic (exact) mass is 212 g/mol. The van der Waals surface area contributed by atoms with Crippen LogP contribution in [0, 0.1) is 0 Å². The zero-order valence-electron chi connectivity index (χ0n) is 4.10. The topological polar surface area (TPSA) is 54.4 Å². The van der Waals surface area contributed by atoms with Crippen molar-refractivity contribution in [1.82, 2.24) is 0 Å². The largest absolute Gasteiger partial charge is 0.477 e. The van der Waals surface area contributed by atoms with Gasteiger partial charge in [-0.2, -0.15) is 0 Å².